The molecule has 242 valence electrons. The van der Waals surface area contributed by atoms with Gasteiger partial charge < -0.3 is 19.8 Å². The summed E-state index contributed by atoms with van der Waals surface area (Å²) in [7, 11) is -2.03. The van der Waals surface area contributed by atoms with Gasteiger partial charge in [0.15, 0.2) is 0 Å². The molecule has 0 amide bonds. The Morgan fingerprint density at radius 1 is 0.953 bits per heavy atom. The fourth-order valence-corrected chi connectivity index (χ4v) is 6.63. The number of sulfonamides is 1. The van der Waals surface area contributed by atoms with Gasteiger partial charge in [-0.25, -0.2) is 13.1 Å². The quantitative estimate of drug-likeness (QED) is 0.148. The van der Waals surface area contributed by atoms with E-state index in [0.717, 1.165) is 43.4 Å². The molecule has 0 aliphatic carbocycles. The van der Waals surface area contributed by atoms with E-state index in [1.54, 1.807) is 24.3 Å². The highest BCUT2D eigenvalue weighted by Gasteiger charge is 2.56. The highest BCUT2D eigenvalue weighted by molar-refractivity contribution is 7.89. The fourth-order valence-electron chi connectivity index (χ4n) is 5.50. The molecule has 3 N–H and O–H groups in total. The van der Waals surface area contributed by atoms with Crippen molar-refractivity contribution in [3.05, 3.63) is 53.6 Å². The molecule has 43 heavy (non-hydrogen) atoms. The summed E-state index contributed by atoms with van der Waals surface area (Å²) < 4.78 is 94.8. The SMILES string of the molecule is CN(CCCCCC1c2ccc(O)cc2OCC1(C)c1ccc(O)cc1)CCCNS(=O)(=O)CCCC(F)(F)C(F)(F)F. The molecule has 2 atom stereocenters. The van der Waals surface area contributed by atoms with Crippen LogP contribution in [0.1, 0.15) is 68.9 Å². The van der Waals surface area contributed by atoms with Crippen LogP contribution in [-0.2, 0) is 15.4 Å². The maximum Gasteiger partial charge on any atom is 0.453 e. The molecule has 1 aliphatic heterocycles. The zero-order chi connectivity index (χ0) is 31.9. The molecule has 2 unspecified atom stereocenters. The number of benzene rings is 2. The molecular formula is C30H41F5N2O5S. The Balaban J connectivity index is 1.41. The number of fused-ring (bicyclic) bond motifs is 1. The summed E-state index contributed by atoms with van der Waals surface area (Å²) in [6.07, 6.45) is -3.89. The molecule has 1 heterocycles. The van der Waals surface area contributed by atoms with Crippen molar-refractivity contribution in [2.45, 2.75) is 75.3 Å². The van der Waals surface area contributed by atoms with Crippen LogP contribution >= 0.6 is 0 Å². The van der Waals surface area contributed by atoms with Crippen molar-refractivity contribution in [1.29, 1.82) is 0 Å². The maximum absolute atomic E-state index is 13.0. The second kappa shape index (κ2) is 14.4. The van der Waals surface area contributed by atoms with Crippen LogP contribution in [0.5, 0.6) is 17.2 Å². The summed E-state index contributed by atoms with van der Waals surface area (Å²) in [5.41, 5.74) is 1.76. The molecule has 0 fully saturated rings. The summed E-state index contributed by atoms with van der Waals surface area (Å²) in [5, 5.41) is 19.7. The van der Waals surface area contributed by atoms with Crippen LogP contribution in [0.25, 0.3) is 0 Å². The first-order valence-electron chi connectivity index (χ1n) is 14.4. The molecule has 2 aromatic carbocycles. The van der Waals surface area contributed by atoms with Crippen molar-refractivity contribution in [3.63, 3.8) is 0 Å². The van der Waals surface area contributed by atoms with Gasteiger partial charge in [0.25, 0.3) is 0 Å². The van der Waals surface area contributed by atoms with Crippen LogP contribution < -0.4 is 9.46 Å². The summed E-state index contributed by atoms with van der Waals surface area (Å²) in [5.74, 6) is -4.55. The van der Waals surface area contributed by atoms with Gasteiger partial charge in [0.2, 0.25) is 10.0 Å². The van der Waals surface area contributed by atoms with E-state index in [1.807, 2.05) is 25.2 Å². The molecule has 1 aliphatic rings. The summed E-state index contributed by atoms with van der Waals surface area (Å²) in [6, 6.07) is 12.4. The summed E-state index contributed by atoms with van der Waals surface area (Å²) in [4.78, 5) is 2.06. The number of unbranched alkanes of at least 4 members (excludes halogenated alkanes) is 2. The number of nitrogens with one attached hydrogen (secondary N) is 1. The van der Waals surface area contributed by atoms with Crippen LogP contribution in [-0.4, -0.2) is 74.7 Å². The zero-order valence-corrected chi connectivity index (χ0v) is 25.3. The van der Waals surface area contributed by atoms with Crippen molar-refractivity contribution < 1.29 is 45.3 Å². The molecule has 0 aromatic heterocycles. The third kappa shape index (κ3) is 9.67. The molecule has 0 bridgehead atoms. The van der Waals surface area contributed by atoms with Gasteiger partial charge in [-0.1, -0.05) is 38.0 Å². The molecule has 0 spiro atoms. The Hall–Kier alpha value is -2.64. The molecule has 3 rings (SSSR count). The minimum absolute atomic E-state index is 0.0664. The van der Waals surface area contributed by atoms with E-state index in [9.17, 15) is 40.6 Å². The number of rotatable bonds is 16. The highest BCUT2D eigenvalue weighted by Crippen LogP contribution is 2.49. The lowest BCUT2D eigenvalue weighted by molar-refractivity contribution is -0.284. The van der Waals surface area contributed by atoms with Crippen LogP contribution in [0.3, 0.4) is 0 Å². The minimum Gasteiger partial charge on any atom is -0.508 e. The van der Waals surface area contributed by atoms with Crippen molar-refractivity contribution >= 4 is 10.0 Å². The van der Waals surface area contributed by atoms with Gasteiger partial charge in [-0.3, -0.25) is 0 Å². The Bertz CT molecular complexity index is 1290. The van der Waals surface area contributed by atoms with Gasteiger partial charge in [-0.05, 0) is 75.1 Å². The Morgan fingerprint density at radius 3 is 2.28 bits per heavy atom. The largest absolute Gasteiger partial charge is 0.508 e. The van der Waals surface area contributed by atoms with Gasteiger partial charge in [0.05, 0.1) is 12.4 Å². The highest BCUT2D eigenvalue weighted by atomic mass is 32.2. The van der Waals surface area contributed by atoms with Crippen molar-refractivity contribution in [3.8, 4) is 17.2 Å². The first-order valence-corrected chi connectivity index (χ1v) is 16.0. The topological polar surface area (TPSA) is 99.1 Å². The number of phenols is 2. The number of alkyl halides is 5. The fraction of sp³-hybridized carbons (Fsp3) is 0.600. The van der Waals surface area contributed by atoms with Gasteiger partial charge in [0, 0.05) is 30.4 Å². The zero-order valence-electron chi connectivity index (χ0n) is 24.5. The standard InChI is InChI=1S/C30H41F5N2O5S/c1-28(22-9-11-23(38)12-10-22)21-42-27-20-24(39)13-14-25(27)26(28)8-4-3-5-17-37(2)18-7-16-36-43(40,41)19-6-15-29(31,32)30(33,34)35/h9-14,20,26,36,38-39H,3-8,15-19,21H2,1-2H3. The van der Waals surface area contributed by atoms with E-state index in [1.165, 1.54) is 0 Å². The molecule has 0 saturated heterocycles. The summed E-state index contributed by atoms with van der Waals surface area (Å²) >= 11 is 0. The third-order valence-electron chi connectivity index (χ3n) is 8.09. The van der Waals surface area contributed by atoms with E-state index >= 15 is 0 Å². The number of ether oxygens (including phenoxy) is 1. The molecule has 7 nitrogen and oxygen atoms in total. The van der Waals surface area contributed by atoms with Crippen molar-refractivity contribution in [2.24, 2.45) is 0 Å². The third-order valence-corrected chi connectivity index (χ3v) is 9.56. The van der Waals surface area contributed by atoms with Gasteiger partial charge in [0.1, 0.15) is 17.2 Å². The average molecular weight is 637 g/mol. The smallest absolute Gasteiger partial charge is 0.453 e. The molecule has 0 radical (unpaired) electrons. The maximum atomic E-state index is 13.0. The van der Waals surface area contributed by atoms with E-state index < -0.39 is 40.7 Å². The van der Waals surface area contributed by atoms with E-state index in [4.69, 9.17) is 4.74 Å². The average Bonchev–Trinajstić information content (AvgIpc) is 2.91. The van der Waals surface area contributed by atoms with Crippen LogP contribution in [0.4, 0.5) is 22.0 Å². The lowest BCUT2D eigenvalue weighted by Crippen LogP contribution is -2.40. The lowest BCUT2D eigenvalue weighted by atomic mass is 9.66. The van der Waals surface area contributed by atoms with Crippen molar-refractivity contribution in [2.75, 3.05) is 39.0 Å². The van der Waals surface area contributed by atoms with Crippen LogP contribution in [0.15, 0.2) is 42.5 Å². The van der Waals surface area contributed by atoms with Crippen LogP contribution in [0.2, 0.25) is 0 Å². The summed E-state index contributed by atoms with van der Waals surface area (Å²) in [6.45, 7) is 4.03. The van der Waals surface area contributed by atoms with Crippen molar-refractivity contribution in [1.82, 2.24) is 9.62 Å². The van der Waals surface area contributed by atoms with E-state index in [0.29, 0.717) is 25.3 Å². The number of hydrogen-bond donors (Lipinski definition) is 3. The number of phenolic OH excluding ortho intramolecular Hbond substituents is 2. The molecule has 0 saturated carbocycles. The second-order valence-corrected chi connectivity index (χ2v) is 13.5. The van der Waals surface area contributed by atoms with Crippen LogP contribution in [0, 0.1) is 0 Å². The lowest BCUT2D eigenvalue weighted by Gasteiger charge is -2.43. The Morgan fingerprint density at radius 2 is 1.60 bits per heavy atom. The second-order valence-electron chi connectivity index (χ2n) is 11.6. The van der Waals surface area contributed by atoms with E-state index in [-0.39, 0.29) is 29.4 Å². The molecular weight excluding hydrogens is 595 g/mol. The first-order chi connectivity index (χ1) is 20.0. The molecule has 13 heteroatoms. The van der Waals surface area contributed by atoms with Gasteiger partial charge in [-0.2, -0.15) is 22.0 Å². The monoisotopic (exact) mass is 636 g/mol. The Kier molecular flexibility index (Phi) is 11.7. The number of halogens is 5. The first kappa shape index (κ1) is 34.8. The predicted molar refractivity (Wildman–Crippen MR) is 154 cm³/mol. The van der Waals surface area contributed by atoms with Gasteiger partial charge >= 0.3 is 12.1 Å². The number of aromatic hydroxyl groups is 2. The number of hydrogen-bond acceptors (Lipinski definition) is 6. The normalized spacial score (nSPS) is 19.3. The van der Waals surface area contributed by atoms with E-state index in [2.05, 4.69) is 16.5 Å². The Labute approximate surface area is 250 Å². The minimum atomic E-state index is -5.69. The van der Waals surface area contributed by atoms with Gasteiger partial charge in [-0.15, -0.1) is 0 Å². The predicted octanol–water partition coefficient (Wildman–Crippen LogP) is 6.31. The number of nitrogens with zero attached hydrogens (tertiary/aromatic N) is 1. The molecule has 2 aromatic rings.